The van der Waals surface area contributed by atoms with Crippen molar-refractivity contribution in [1.29, 1.82) is 5.26 Å². The number of ketones is 1. The van der Waals surface area contributed by atoms with E-state index in [2.05, 4.69) is 18.0 Å². The summed E-state index contributed by atoms with van der Waals surface area (Å²) in [6.45, 7) is 6.99. The number of hydrogen-bond donors (Lipinski definition) is 1. The third-order valence-corrected chi connectivity index (χ3v) is 3.07. The number of nitriles is 1. The molecular weight excluding hydrogens is 220 g/mol. The highest BCUT2D eigenvalue weighted by molar-refractivity contribution is 7.80. The highest BCUT2D eigenvalue weighted by Gasteiger charge is 2.35. The third kappa shape index (κ3) is 2.20. The van der Waals surface area contributed by atoms with Crippen LogP contribution in [0.1, 0.15) is 20.3 Å². The van der Waals surface area contributed by atoms with Gasteiger partial charge in [-0.05, 0) is 20.3 Å². The van der Waals surface area contributed by atoms with E-state index in [1.165, 1.54) is 6.92 Å². The van der Waals surface area contributed by atoms with Crippen molar-refractivity contribution in [2.45, 2.75) is 20.3 Å². The summed E-state index contributed by atoms with van der Waals surface area (Å²) in [4.78, 5) is 12.1. The quantitative estimate of drug-likeness (QED) is 0.600. The van der Waals surface area contributed by atoms with Gasteiger partial charge in [0.25, 0.3) is 0 Å². The molecule has 0 spiro atoms. The Bertz CT molecular complexity index is 417. The maximum absolute atomic E-state index is 11.6. The number of carbonyl (C=O) groups is 1. The molecule has 3 nitrogen and oxygen atoms in total. The highest BCUT2D eigenvalue weighted by Crippen LogP contribution is 2.31. The minimum absolute atomic E-state index is 0.0143. The molecule has 0 saturated heterocycles. The van der Waals surface area contributed by atoms with Gasteiger partial charge in [0.2, 0.25) is 0 Å². The molecule has 0 aliphatic carbocycles. The van der Waals surface area contributed by atoms with Crippen molar-refractivity contribution in [2.24, 2.45) is 11.8 Å². The molecule has 2 atom stereocenters. The van der Waals surface area contributed by atoms with Crippen LogP contribution in [0.25, 0.3) is 0 Å². The second-order valence-corrected chi connectivity index (χ2v) is 4.26. The van der Waals surface area contributed by atoms with Crippen LogP contribution < -0.4 is 5.32 Å². The van der Waals surface area contributed by atoms with Gasteiger partial charge in [0.1, 0.15) is 5.92 Å². The first-order valence-electron chi connectivity index (χ1n) is 5.06. The van der Waals surface area contributed by atoms with Crippen LogP contribution in [0.15, 0.2) is 23.9 Å². The van der Waals surface area contributed by atoms with E-state index in [9.17, 15) is 4.79 Å². The molecule has 16 heavy (non-hydrogen) atoms. The van der Waals surface area contributed by atoms with Crippen molar-refractivity contribution >= 4 is 23.0 Å². The minimum atomic E-state index is -0.435. The molecule has 0 fully saturated rings. The SMILES string of the molecule is C=CCC1C(C(C)=O)=C(C)NC(=S)C1C#N. The summed E-state index contributed by atoms with van der Waals surface area (Å²) in [7, 11) is 0. The Morgan fingerprint density at radius 3 is 2.81 bits per heavy atom. The van der Waals surface area contributed by atoms with Crippen molar-refractivity contribution in [2.75, 3.05) is 0 Å². The fourth-order valence-corrected chi connectivity index (χ4v) is 2.43. The topological polar surface area (TPSA) is 52.9 Å². The normalized spacial score (nSPS) is 24.7. The van der Waals surface area contributed by atoms with Crippen molar-refractivity contribution in [1.82, 2.24) is 5.32 Å². The molecule has 1 rings (SSSR count). The Labute approximate surface area is 101 Å². The van der Waals surface area contributed by atoms with Crippen LogP contribution in [0, 0.1) is 23.2 Å². The first kappa shape index (κ1) is 12.6. The minimum Gasteiger partial charge on any atom is -0.352 e. The number of nitrogens with zero attached hydrogens (tertiary/aromatic N) is 1. The largest absolute Gasteiger partial charge is 0.352 e. The lowest BCUT2D eigenvalue weighted by Crippen LogP contribution is -2.40. The number of allylic oxidation sites excluding steroid dienone is 3. The second-order valence-electron chi connectivity index (χ2n) is 3.82. The average molecular weight is 234 g/mol. The molecule has 0 radical (unpaired) electrons. The van der Waals surface area contributed by atoms with Gasteiger partial charge in [0.05, 0.1) is 11.1 Å². The van der Waals surface area contributed by atoms with Gasteiger partial charge in [-0.2, -0.15) is 5.26 Å². The summed E-state index contributed by atoms with van der Waals surface area (Å²) in [5.74, 6) is -0.607. The summed E-state index contributed by atoms with van der Waals surface area (Å²) >= 11 is 5.12. The molecule has 0 aromatic heterocycles. The molecule has 1 aliphatic rings. The molecule has 2 unspecified atom stereocenters. The lowest BCUT2D eigenvalue weighted by atomic mass is 9.79. The van der Waals surface area contributed by atoms with Gasteiger partial charge in [-0.15, -0.1) is 6.58 Å². The molecule has 0 bridgehead atoms. The molecule has 0 aromatic carbocycles. The van der Waals surface area contributed by atoms with Crippen molar-refractivity contribution in [3.63, 3.8) is 0 Å². The lowest BCUT2D eigenvalue weighted by molar-refractivity contribution is -0.114. The number of hydrogen-bond acceptors (Lipinski definition) is 3. The van der Waals surface area contributed by atoms with E-state index in [4.69, 9.17) is 17.5 Å². The molecular formula is C12H14N2OS. The molecule has 1 aliphatic heterocycles. The molecule has 0 saturated carbocycles. The van der Waals surface area contributed by atoms with Crippen LogP contribution in [0.2, 0.25) is 0 Å². The molecule has 0 aromatic rings. The first-order chi connectivity index (χ1) is 7.52. The van der Waals surface area contributed by atoms with Gasteiger partial charge >= 0.3 is 0 Å². The summed E-state index contributed by atoms with van der Waals surface area (Å²) in [5, 5.41) is 12.0. The molecule has 1 N–H and O–H groups in total. The van der Waals surface area contributed by atoms with Crippen LogP contribution in [0.5, 0.6) is 0 Å². The number of carbonyl (C=O) groups excluding carboxylic acids is 1. The fraction of sp³-hybridized carbons (Fsp3) is 0.417. The highest BCUT2D eigenvalue weighted by atomic mass is 32.1. The molecule has 84 valence electrons. The van der Waals surface area contributed by atoms with E-state index in [1.807, 2.05) is 6.92 Å². The van der Waals surface area contributed by atoms with Crippen LogP contribution in [-0.4, -0.2) is 10.8 Å². The van der Waals surface area contributed by atoms with Gasteiger partial charge in [-0.25, -0.2) is 0 Å². The van der Waals surface area contributed by atoms with E-state index in [0.29, 0.717) is 17.0 Å². The summed E-state index contributed by atoms with van der Waals surface area (Å²) in [6.07, 6.45) is 2.31. The van der Waals surface area contributed by atoms with E-state index in [1.54, 1.807) is 6.08 Å². The summed E-state index contributed by atoms with van der Waals surface area (Å²) < 4.78 is 0. The third-order valence-electron chi connectivity index (χ3n) is 2.71. The predicted molar refractivity (Wildman–Crippen MR) is 66.5 cm³/mol. The zero-order valence-corrected chi connectivity index (χ0v) is 10.2. The zero-order valence-electron chi connectivity index (χ0n) is 9.41. The number of Topliss-reactive ketones (excluding diaryl/α,β-unsaturated/α-hetero) is 1. The Morgan fingerprint density at radius 2 is 2.38 bits per heavy atom. The number of rotatable bonds is 3. The molecule has 0 amide bonds. The van der Waals surface area contributed by atoms with Crippen molar-refractivity contribution in [3.05, 3.63) is 23.9 Å². The van der Waals surface area contributed by atoms with Gasteiger partial charge < -0.3 is 5.32 Å². The van der Waals surface area contributed by atoms with Gasteiger partial charge in [0, 0.05) is 17.2 Å². The molecule has 4 heteroatoms. The van der Waals surface area contributed by atoms with Crippen molar-refractivity contribution in [3.8, 4) is 6.07 Å². The Hall–Kier alpha value is -1.47. The Kier molecular flexibility index (Phi) is 3.97. The van der Waals surface area contributed by atoms with E-state index in [-0.39, 0.29) is 11.7 Å². The van der Waals surface area contributed by atoms with E-state index >= 15 is 0 Å². The Morgan fingerprint density at radius 1 is 1.75 bits per heavy atom. The predicted octanol–water partition coefficient (Wildman–Crippen LogP) is 2.11. The maximum atomic E-state index is 11.6. The standard InChI is InChI=1S/C12H14N2OS/c1-4-5-9-10(6-13)12(16)14-7(2)11(9)8(3)15/h4,9-10H,1,5H2,2-3H3,(H,14,16). The number of thiocarbonyl (C=S) groups is 1. The molecule has 1 heterocycles. The van der Waals surface area contributed by atoms with Crippen LogP contribution in [-0.2, 0) is 4.79 Å². The number of nitrogens with one attached hydrogen (secondary N) is 1. The van der Waals surface area contributed by atoms with Crippen LogP contribution in [0.4, 0.5) is 0 Å². The smallest absolute Gasteiger partial charge is 0.157 e. The van der Waals surface area contributed by atoms with E-state index < -0.39 is 5.92 Å². The van der Waals surface area contributed by atoms with Crippen molar-refractivity contribution < 1.29 is 4.79 Å². The van der Waals surface area contributed by atoms with Gasteiger partial charge in [-0.3, -0.25) is 4.79 Å². The summed E-state index contributed by atoms with van der Waals surface area (Å²) in [5.41, 5.74) is 1.43. The van der Waals surface area contributed by atoms with E-state index in [0.717, 1.165) is 5.70 Å². The van der Waals surface area contributed by atoms with Gasteiger partial charge in [0.15, 0.2) is 5.78 Å². The fourth-order valence-electron chi connectivity index (χ4n) is 2.06. The monoisotopic (exact) mass is 234 g/mol. The summed E-state index contributed by atoms with van der Waals surface area (Å²) in [6, 6.07) is 2.16. The second kappa shape index (κ2) is 5.04. The first-order valence-corrected chi connectivity index (χ1v) is 5.46. The Balaban J connectivity index is 3.24. The van der Waals surface area contributed by atoms with Gasteiger partial charge in [-0.1, -0.05) is 18.3 Å². The maximum Gasteiger partial charge on any atom is 0.157 e. The average Bonchev–Trinajstić information content (AvgIpc) is 2.17. The van der Waals surface area contributed by atoms with Crippen LogP contribution >= 0.6 is 12.2 Å². The van der Waals surface area contributed by atoms with Crippen LogP contribution in [0.3, 0.4) is 0 Å². The lowest BCUT2D eigenvalue weighted by Gasteiger charge is -2.30. The zero-order chi connectivity index (χ0) is 12.3.